The predicted molar refractivity (Wildman–Crippen MR) is 85.3 cm³/mol. The first-order valence-electron chi connectivity index (χ1n) is 8.05. The summed E-state index contributed by atoms with van der Waals surface area (Å²) in [5.74, 6) is 0.925. The Hall–Kier alpha value is -1.63. The van der Waals surface area contributed by atoms with E-state index in [1.165, 1.54) is 18.2 Å². The van der Waals surface area contributed by atoms with Gasteiger partial charge in [0.25, 0.3) is 0 Å². The Morgan fingerprint density at radius 3 is 3.13 bits per heavy atom. The summed E-state index contributed by atoms with van der Waals surface area (Å²) in [6.45, 7) is 3.24. The van der Waals surface area contributed by atoms with Crippen LogP contribution in [0.5, 0.6) is 5.75 Å². The second-order valence-corrected chi connectivity index (χ2v) is 6.28. The molecule has 1 aromatic rings. The number of nitrogens with one attached hydrogen (secondary N) is 1. The third kappa shape index (κ3) is 3.83. The van der Waals surface area contributed by atoms with Crippen molar-refractivity contribution in [3.05, 3.63) is 29.3 Å². The molecule has 3 rings (SSSR count). The molecule has 126 valence electrons. The van der Waals surface area contributed by atoms with Crippen LogP contribution in [0.2, 0.25) is 0 Å². The van der Waals surface area contributed by atoms with E-state index in [0.29, 0.717) is 0 Å². The first-order valence-corrected chi connectivity index (χ1v) is 8.05. The van der Waals surface area contributed by atoms with E-state index in [4.69, 9.17) is 9.47 Å². The standard InChI is InChI=1S/C17H24N2O4/c1-22-11-17(21)18-15-9-19(8-14(15)10-20)7-12-2-3-16-13(6-12)4-5-23-16/h2-3,6,14-15,20H,4-5,7-11H2,1H3,(H,18,21)/t14-,15+/m0/s1. The Bertz CT molecular complexity index is 564. The molecule has 0 aromatic heterocycles. The van der Waals surface area contributed by atoms with Crippen LogP contribution in [0.15, 0.2) is 18.2 Å². The Morgan fingerprint density at radius 2 is 2.35 bits per heavy atom. The van der Waals surface area contributed by atoms with Crippen molar-refractivity contribution in [2.24, 2.45) is 5.92 Å². The highest BCUT2D eigenvalue weighted by Crippen LogP contribution is 2.27. The van der Waals surface area contributed by atoms with Gasteiger partial charge < -0.3 is 19.9 Å². The number of hydrogen-bond donors (Lipinski definition) is 2. The lowest BCUT2D eigenvalue weighted by atomic mass is 10.1. The summed E-state index contributed by atoms with van der Waals surface area (Å²) in [6.07, 6.45) is 0.970. The fourth-order valence-electron chi connectivity index (χ4n) is 3.41. The van der Waals surface area contributed by atoms with E-state index in [0.717, 1.165) is 38.4 Å². The van der Waals surface area contributed by atoms with Gasteiger partial charge in [0.2, 0.25) is 5.91 Å². The molecule has 1 saturated heterocycles. The predicted octanol–water partition coefficient (Wildman–Crippen LogP) is 0.177. The molecule has 0 radical (unpaired) electrons. The van der Waals surface area contributed by atoms with E-state index in [1.54, 1.807) is 0 Å². The molecule has 2 heterocycles. The van der Waals surface area contributed by atoms with Crippen molar-refractivity contribution in [3.63, 3.8) is 0 Å². The van der Waals surface area contributed by atoms with Gasteiger partial charge in [-0.05, 0) is 17.2 Å². The van der Waals surface area contributed by atoms with Crippen LogP contribution < -0.4 is 10.1 Å². The highest BCUT2D eigenvalue weighted by molar-refractivity contribution is 5.77. The molecule has 23 heavy (non-hydrogen) atoms. The SMILES string of the molecule is COCC(=O)N[C@@H]1CN(Cc2ccc3c(c2)CCO3)C[C@H]1CO. The number of fused-ring (bicyclic) bond motifs is 1. The van der Waals surface area contributed by atoms with Gasteiger partial charge in [-0.1, -0.05) is 12.1 Å². The Kier molecular flexibility index (Phi) is 5.15. The maximum Gasteiger partial charge on any atom is 0.246 e. The van der Waals surface area contributed by atoms with Gasteiger partial charge in [-0.3, -0.25) is 9.69 Å². The zero-order valence-electron chi connectivity index (χ0n) is 13.5. The number of benzene rings is 1. The van der Waals surface area contributed by atoms with Crippen LogP contribution in [0.3, 0.4) is 0 Å². The number of rotatable bonds is 6. The minimum absolute atomic E-state index is 0.0274. The van der Waals surface area contributed by atoms with Crippen molar-refractivity contribution in [2.75, 3.05) is 40.0 Å². The van der Waals surface area contributed by atoms with Gasteiger partial charge in [0.1, 0.15) is 12.4 Å². The number of likely N-dealkylation sites (tertiary alicyclic amines) is 1. The molecule has 0 spiro atoms. The number of carbonyl (C=O) groups excluding carboxylic acids is 1. The topological polar surface area (TPSA) is 71.0 Å². The molecular formula is C17H24N2O4. The van der Waals surface area contributed by atoms with Crippen LogP contribution in [0.4, 0.5) is 0 Å². The van der Waals surface area contributed by atoms with Gasteiger partial charge >= 0.3 is 0 Å². The van der Waals surface area contributed by atoms with Crippen molar-refractivity contribution in [2.45, 2.75) is 19.0 Å². The van der Waals surface area contributed by atoms with E-state index in [9.17, 15) is 9.90 Å². The molecule has 1 amide bonds. The van der Waals surface area contributed by atoms with Crippen molar-refractivity contribution in [1.82, 2.24) is 10.2 Å². The second-order valence-electron chi connectivity index (χ2n) is 6.28. The normalized spacial score (nSPS) is 23.6. The zero-order valence-corrected chi connectivity index (χ0v) is 13.5. The minimum atomic E-state index is -0.132. The van der Waals surface area contributed by atoms with Gasteiger partial charge in [-0.2, -0.15) is 0 Å². The third-order valence-electron chi connectivity index (χ3n) is 4.53. The van der Waals surface area contributed by atoms with Crippen LogP contribution in [0.1, 0.15) is 11.1 Å². The molecule has 2 aliphatic rings. The van der Waals surface area contributed by atoms with Gasteiger partial charge in [-0.25, -0.2) is 0 Å². The summed E-state index contributed by atoms with van der Waals surface area (Å²) < 4.78 is 10.4. The van der Waals surface area contributed by atoms with Crippen molar-refractivity contribution in [3.8, 4) is 5.75 Å². The number of carbonyl (C=O) groups is 1. The van der Waals surface area contributed by atoms with Gasteiger partial charge in [-0.15, -0.1) is 0 Å². The number of ether oxygens (including phenoxy) is 2. The second kappa shape index (κ2) is 7.29. The molecular weight excluding hydrogens is 296 g/mol. The van der Waals surface area contributed by atoms with Gasteiger partial charge in [0.15, 0.2) is 0 Å². The number of methoxy groups -OCH3 is 1. The smallest absolute Gasteiger partial charge is 0.246 e. The van der Waals surface area contributed by atoms with Crippen LogP contribution >= 0.6 is 0 Å². The number of aliphatic hydroxyl groups excluding tert-OH is 1. The molecule has 0 saturated carbocycles. The van der Waals surface area contributed by atoms with Crippen LogP contribution in [0.25, 0.3) is 0 Å². The monoisotopic (exact) mass is 320 g/mol. The third-order valence-corrected chi connectivity index (χ3v) is 4.53. The van der Waals surface area contributed by atoms with E-state index < -0.39 is 0 Å². The Balaban J connectivity index is 1.59. The summed E-state index contributed by atoms with van der Waals surface area (Å²) in [7, 11) is 1.50. The number of nitrogens with zero attached hydrogens (tertiary/aromatic N) is 1. The number of amides is 1. The molecule has 1 aromatic carbocycles. The quantitative estimate of drug-likeness (QED) is 0.782. The Morgan fingerprint density at radius 1 is 1.48 bits per heavy atom. The first-order chi connectivity index (χ1) is 11.2. The lowest BCUT2D eigenvalue weighted by molar-refractivity contribution is -0.125. The van der Waals surface area contributed by atoms with Crippen molar-refractivity contribution >= 4 is 5.91 Å². The first kappa shape index (κ1) is 16.2. The fraction of sp³-hybridized carbons (Fsp3) is 0.588. The highest BCUT2D eigenvalue weighted by Gasteiger charge is 2.33. The van der Waals surface area contributed by atoms with E-state index in [1.807, 2.05) is 6.07 Å². The van der Waals surface area contributed by atoms with Crippen LogP contribution in [0, 0.1) is 5.92 Å². The van der Waals surface area contributed by atoms with E-state index in [2.05, 4.69) is 22.3 Å². The average molecular weight is 320 g/mol. The fourth-order valence-corrected chi connectivity index (χ4v) is 3.41. The van der Waals surface area contributed by atoms with Gasteiger partial charge in [0.05, 0.1) is 6.61 Å². The minimum Gasteiger partial charge on any atom is -0.493 e. The van der Waals surface area contributed by atoms with Crippen molar-refractivity contribution in [1.29, 1.82) is 0 Å². The molecule has 0 aliphatic carbocycles. The highest BCUT2D eigenvalue weighted by atomic mass is 16.5. The average Bonchev–Trinajstić information content (AvgIpc) is 3.13. The molecule has 0 unspecified atom stereocenters. The number of hydrogen-bond acceptors (Lipinski definition) is 5. The lowest BCUT2D eigenvalue weighted by Crippen LogP contribution is -2.43. The van der Waals surface area contributed by atoms with Crippen LogP contribution in [-0.4, -0.2) is 62.0 Å². The molecule has 2 N–H and O–H groups in total. The molecule has 2 atom stereocenters. The van der Waals surface area contributed by atoms with E-state index >= 15 is 0 Å². The van der Waals surface area contributed by atoms with Crippen LogP contribution in [-0.2, 0) is 22.5 Å². The molecule has 6 nitrogen and oxygen atoms in total. The largest absolute Gasteiger partial charge is 0.493 e. The summed E-state index contributed by atoms with van der Waals surface area (Å²) in [4.78, 5) is 14.0. The Labute approximate surface area is 136 Å². The van der Waals surface area contributed by atoms with Crippen molar-refractivity contribution < 1.29 is 19.4 Å². The summed E-state index contributed by atoms with van der Waals surface area (Å²) in [6, 6.07) is 6.30. The zero-order chi connectivity index (χ0) is 16.2. The van der Waals surface area contributed by atoms with Gasteiger partial charge in [0, 0.05) is 51.7 Å². The summed E-state index contributed by atoms with van der Waals surface area (Å²) in [5, 5.41) is 12.5. The summed E-state index contributed by atoms with van der Waals surface area (Å²) in [5.41, 5.74) is 2.51. The number of aliphatic hydroxyl groups is 1. The summed E-state index contributed by atoms with van der Waals surface area (Å²) >= 11 is 0. The van der Waals surface area contributed by atoms with E-state index in [-0.39, 0.29) is 31.1 Å². The molecule has 6 heteroatoms. The lowest BCUT2D eigenvalue weighted by Gasteiger charge is -2.18. The molecule has 2 aliphatic heterocycles. The molecule has 1 fully saturated rings. The maximum atomic E-state index is 11.7. The maximum absolute atomic E-state index is 11.7. The molecule has 0 bridgehead atoms.